The lowest BCUT2D eigenvalue weighted by Crippen LogP contribution is -2.49. The van der Waals surface area contributed by atoms with Crippen LogP contribution in [0.4, 0.5) is 4.79 Å². The third-order valence-corrected chi connectivity index (χ3v) is 7.13. The predicted molar refractivity (Wildman–Crippen MR) is 119 cm³/mol. The number of fused-ring (bicyclic) bond motifs is 3. The van der Waals surface area contributed by atoms with Gasteiger partial charge in [-0.25, -0.2) is 4.79 Å². The zero-order valence-corrected chi connectivity index (χ0v) is 18.0. The second-order valence-electron chi connectivity index (χ2n) is 9.34. The Kier molecular flexibility index (Phi) is 6.51. The molecular formula is C26H32O5. The van der Waals surface area contributed by atoms with Crippen molar-refractivity contribution in [1.82, 2.24) is 0 Å². The Morgan fingerprint density at radius 1 is 0.968 bits per heavy atom. The monoisotopic (exact) mass is 424 g/mol. The molecule has 5 heteroatoms. The maximum absolute atomic E-state index is 8.56. The fourth-order valence-electron chi connectivity index (χ4n) is 5.10. The molecular weight excluding hydrogens is 392 g/mol. The summed E-state index contributed by atoms with van der Waals surface area (Å²) in [7, 11) is 0. The van der Waals surface area contributed by atoms with Gasteiger partial charge in [-0.3, -0.25) is 0 Å². The van der Waals surface area contributed by atoms with Crippen molar-refractivity contribution < 1.29 is 24.5 Å². The van der Waals surface area contributed by atoms with Gasteiger partial charge in [0.1, 0.15) is 11.5 Å². The highest BCUT2D eigenvalue weighted by Crippen LogP contribution is 2.56. The highest BCUT2D eigenvalue weighted by atomic mass is 16.6. The number of benzene rings is 2. The number of carboxylic acid groups (broad SMARTS) is 2. The summed E-state index contributed by atoms with van der Waals surface area (Å²) in [5.41, 5.74) is 1.67. The fraction of sp³-hybridized carbons (Fsp3) is 0.500. The summed E-state index contributed by atoms with van der Waals surface area (Å²) in [4.78, 5) is 8.56. The quantitative estimate of drug-likeness (QED) is 0.497. The van der Waals surface area contributed by atoms with E-state index >= 15 is 0 Å². The number of hydrogen-bond acceptors (Lipinski definition) is 3. The molecule has 5 nitrogen and oxygen atoms in total. The van der Waals surface area contributed by atoms with Gasteiger partial charge in [0.2, 0.25) is 0 Å². The first-order chi connectivity index (χ1) is 15.0. The minimum Gasteiger partial charge on any atom is -0.457 e. The molecule has 31 heavy (non-hydrogen) atoms. The molecule has 0 spiro atoms. The van der Waals surface area contributed by atoms with Crippen molar-refractivity contribution in [1.29, 1.82) is 0 Å². The van der Waals surface area contributed by atoms with Crippen LogP contribution >= 0.6 is 0 Å². The van der Waals surface area contributed by atoms with E-state index in [0.717, 1.165) is 36.9 Å². The number of ether oxygens (including phenoxy) is 2. The molecule has 2 N–H and O–H groups in total. The second-order valence-corrected chi connectivity index (χ2v) is 9.34. The van der Waals surface area contributed by atoms with Gasteiger partial charge in [-0.1, -0.05) is 56.0 Å². The summed E-state index contributed by atoms with van der Waals surface area (Å²) in [5, 5.41) is 13.9. The number of para-hydroxylation sites is 1. The molecule has 0 aromatic heterocycles. The molecule has 0 unspecified atom stereocenters. The Balaban J connectivity index is 0.000000535. The molecule has 2 aromatic rings. The smallest absolute Gasteiger partial charge is 0.457 e. The van der Waals surface area contributed by atoms with Gasteiger partial charge < -0.3 is 19.7 Å². The molecule has 2 aliphatic heterocycles. The molecule has 0 atom stereocenters. The lowest BCUT2D eigenvalue weighted by atomic mass is 9.62. The van der Waals surface area contributed by atoms with Crippen molar-refractivity contribution in [2.45, 2.75) is 63.4 Å². The van der Waals surface area contributed by atoms with E-state index in [2.05, 4.69) is 18.2 Å². The molecule has 166 valence electrons. The summed E-state index contributed by atoms with van der Waals surface area (Å²) in [5.74, 6) is 2.85. The van der Waals surface area contributed by atoms with Crippen molar-refractivity contribution in [3.8, 4) is 11.5 Å². The van der Waals surface area contributed by atoms with Crippen LogP contribution in [0.5, 0.6) is 11.5 Å². The van der Waals surface area contributed by atoms with Crippen molar-refractivity contribution in [3.05, 3.63) is 60.2 Å². The van der Waals surface area contributed by atoms with Crippen LogP contribution in [0.15, 0.2) is 54.6 Å². The SMILES string of the molecule is O=C(O)O.c1ccc(Oc2cccc(C34CCC(CCCC5CC5)(CC3)CO4)c2)cc1. The molecule has 2 bridgehead atoms. The summed E-state index contributed by atoms with van der Waals surface area (Å²) in [6, 6.07) is 18.6. The maximum atomic E-state index is 8.56. The number of rotatable bonds is 7. The van der Waals surface area contributed by atoms with Crippen LogP contribution in [-0.4, -0.2) is 23.0 Å². The zero-order chi connectivity index (χ0) is 21.7. The largest absolute Gasteiger partial charge is 0.503 e. The van der Waals surface area contributed by atoms with Gasteiger partial charge in [0.05, 0.1) is 12.2 Å². The first-order valence-electron chi connectivity index (χ1n) is 11.4. The first-order valence-corrected chi connectivity index (χ1v) is 11.4. The molecule has 4 fully saturated rings. The number of hydrogen-bond donors (Lipinski definition) is 2. The van der Waals surface area contributed by atoms with Gasteiger partial charge in [-0.15, -0.1) is 0 Å². The standard InChI is InChI=1S/C25H30O2.CH2O3/c1-2-8-22(9-3-1)27-23-10-4-7-21(18-23)25-16-14-24(15-17-25,19-26-25)13-5-6-20-11-12-20;2-1(3)4/h1-4,7-10,18,20H,5-6,11-17,19H2;(H2,2,3,4). The third-order valence-electron chi connectivity index (χ3n) is 7.13. The van der Waals surface area contributed by atoms with Crippen LogP contribution in [0.1, 0.15) is 63.4 Å². The normalized spacial score (nSPS) is 26.6. The molecule has 2 aliphatic carbocycles. The highest BCUT2D eigenvalue weighted by molar-refractivity contribution is 5.53. The van der Waals surface area contributed by atoms with Gasteiger partial charge in [-0.2, -0.15) is 0 Å². The third kappa shape index (κ3) is 5.59. The van der Waals surface area contributed by atoms with Crippen LogP contribution in [0.3, 0.4) is 0 Å². The topological polar surface area (TPSA) is 76.0 Å². The van der Waals surface area contributed by atoms with Gasteiger partial charge >= 0.3 is 6.16 Å². The van der Waals surface area contributed by atoms with E-state index in [1.807, 2.05) is 36.4 Å². The molecule has 2 saturated carbocycles. The van der Waals surface area contributed by atoms with Crippen LogP contribution < -0.4 is 4.74 Å². The Morgan fingerprint density at radius 3 is 2.26 bits per heavy atom. The molecule has 4 aliphatic rings. The summed E-state index contributed by atoms with van der Waals surface area (Å²) >= 11 is 0. The van der Waals surface area contributed by atoms with Gasteiger partial charge in [0, 0.05) is 0 Å². The average molecular weight is 425 g/mol. The summed E-state index contributed by atoms with van der Waals surface area (Å²) in [6.07, 6.45) is 10.3. The average Bonchev–Trinajstić information content (AvgIpc) is 3.60. The van der Waals surface area contributed by atoms with E-state index in [4.69, 9.17) is 24.5 Å². The number of carbonyl (C=O) groups is 1. The van der Waals surface area contributed by atoms with Crippen LogP contribution in [0.2, 0.25) is 0 Å². The molecule has 2 saturated heterocycles. The zero-order valence-electron chi connectivity index (χ0n) is 18.0. The Labute approximate surface area is 184 Å². The summed E-state index contributed by atoms with van der Waals surface area (Å²) in [6.45, 7) is 0.946. The highest BCUT2D eigenvalue weighted by Gasteiger charge is 2.50. The fourth-order valence-corrected chi connectivity index (χ4v) is 5.10. The molecule has 2 heterocycles. The lowest BCUT2D eigenvalue weighted by Gasteiger charge is -2.53. The van der Waals surface area contributed by atoms with E-state index in [-0.39, 0.29) is 5.60 Å². The van der Waals surface area contributed by atoms with E-state index in [1.54, 1.807) is 0 Å². The van der Waals surface area contributed by atoms with Gasteiger partial charge in [-0.05, 0) is 73.3 Å². The summed E-state index contributed by atoms with van der Waals surface area (Å²) < 4.78 is 12.6. The van der Waals surface area contributed by atoms with Crippen LogP contribution in [-0.2, 0) is 10.3 Å². The molecule has 2 aromatic carbocycles. The molecule has 0 radical (unpaired) electrons. The Morgan fingerprint density at radius 2 is 1.65 bits per heavy atom. The Hall–Kier alpha value is -2.53. The molecule has 0 amide bonds. The van der Waals surface area contributed by atoms with Crippen molar-refractivity contribution in [2.24, 2.45) is 11.3 Å². The van der Waals surface area contributed by atoms with E-state index in [0.29, 0.717) is 5.41 Å². The minimum absolute atomic E-state index is 0.0890. The lowest BCUT2D eigenvalue weighted by molar-refractivity contribution is -0.192. The molecule has 6 rings (SSSR count). The second kappa shape index (κ2) is 9.31. The van der Waals surface area contributed by atoms with E-state index in [1.165, 1.54) is 50.5 Å². The predicted octanol–water partition coefficient (Wildman–Crippen LogP) is 7.07. The Bertz CT molecular complexity index is 846. The van der Waals surface area contributed by atoms with Crippen molar-refractivity contribution in [2.75, 3.05) is 6.61 Å². The first kappa shape index (κ1) is 21.7. The van der Waals surface area contributed by atoms with E-state index in [9.17, 15) is 0 Å². The van der Waals surface area contributed by atoms with Crippen molar-refractivity contribution >= 4 is 6.16 Å². The van der Waals surface area contributed by atoms with Crippen molar-refractivity contribution in [3.63, 3.8) is 0 Å². The van der Waals surface area contributed by atoms with Crippen LogP contribution in [0.25, 0.3) is 0 Å². The van der Waals surface area contributed by atoms with E-state index < -0.39 is 6.16 Å². The maximum Gasteiger partial charge on any atom is 0.503 e. The minimum atomic E-state index is -1.83. The van der Waals surface area contributed by atoms with Gasteiger partial charge in [0.15, 0.2) is 0 Å². The van der Waals surface area contributed by atoms with Crippen LogP contribution in [0, 0.1) is 11.3 Å². The van der Waals surface area contributed by atoms with Gasteiger partial charge in [0.25, 0.3) is 0 Å².